The lowest BCUT2D eigenvalue weighted by Gasteiger charge is -2.33. The van der Waals surface area contributed by atoms with Crippen LogP contribution in [0.4, 0.5) is 0 Å². The molecule has 160 valence electrons. The molecule has 5 heteroatoms. The van der Waals surface area contributed by atoms with E-state index in [1.807, 2.05) is 60.7 Å². The summed E-state index contributed by atoms with van der Waals surface area (Å²) in [6.07, 6.45) is 6.08. The predicted molar refractivity (Wildman–Crippen MR) is 129 cm³/mol. The summed E-state index contributed by atoms with van der Waals surface area (Å²) >= 11 is 12.6. The molecule has 2 aliphatic rings. The van der Waals surface area contributed by atoms with E-state index in [-0.39, 0.29) is 17.8 Å². The Balaban J connectivity index is 1.64. The maximum Gasteiger partial charge on any atom is 0.225 e. The highest BCUT2D eigenvalue weighted by Crippen LogP contribution is 2.41. The van der Waals surface area contributed by atoms with Crippen molar-refractivity contribution in [2.24, 2.45) is 5.92 Å². The molecule has 2 atom stereocenters. The van der Waals surface area contributed by atoms with Crippen molar-refractivity contribution in [2.45, 2.75) is 25.4 Å². The number of allylic oxidation sites excluding steroid dienone is 2. The molecule has 5 rings (SSSR count). The van der Waals surface area contributed by atoms with Gasteiger partial charge >= 0.3 is 0 Å². The summed E-state index contributed by atoms with van der Waals surface area (Å²) in [4.78, 5) is 18.0. The van der Waals surface area contributed by atoms with Crippen molar-refractivity contribution >= 4 is 29.0 Å². The van der Waals surface area contributed by atoms with Gasteiger partial charge in [-0.25, -0.2) is 4.98 Å². The van der Waals surface area contributed by atoms with E-state index in [1.165, 1.54) is 0 Å². The van der Waals surface area contributed by atoms with E-state index in [0.717, 1.165) is 35.1 Å². The van der Waals surface area contributed by atoms with Crippen LogP contribution in [0.25, 0.3) is 22.4 Å². The summed E-state index contributed by atoms with van der Waals surface area (Å²) in [5.41, 5.74) is 4.67. The van der Waals surface area contributed by atoms with Crippen molar-refractivity contribution in [1.82, 2.24) is 4.98 Å². The number of nitrogens with zero attached hydrogens (tertiary/aromatic N) is 1. The van der Waals surface area contributed by atoms with Gasteiger partial charge in [-0.1, -0.05) is 72.3 Å². The van der Waals surface area contributed by atoms with Gasteiger partial charge in [-0.2, -0.15) is 0 Å². The van der Waals surface area contributed by atoms with Crippen molar-refractivity contribution in [3.8, 4) is 28.3 Å². The van der Waals surface area contributed by atoms with Gasteiger partial charge in [-0.15, -0.1) is 0 Å². The summed E-state index contributed by atoms with van der Waals surface area (Å²) in [5.74, 6) is 0.506. The number of carbonyl (C=O) groups is 1. The number of ether oxygens (including phenoxy) is 1. The molecule has 1 aromatic heterocycles. The van der Waals surface area contributed by atoms with Gasteiger partial charge in [0.1, 0.15) is 6.10 Å². The Hall–Kier alpha value is -2.88. The minimum Gasteiger partial charge on any atom is -0.473 e. The van der Waals surface area contributed by atoms with Gasteiger partial charge in [0.2, 0.25) is 5.88 Å². The largest absolute Gasteiger partial charge is 0.473 e. The van der Waals surface area contributed by atoms with Gasteiger partial charge in [-0.05, 0) is 48.2 Å². The van der Waals surface area contributed by atoms with Crippen LogP contribution >= 0.6 is 23.2 Å². The molecule has 2 unspecified atom stereocenters. The smallest absolute Gasteiger partial charge is 0.225 e. The van der Waals surface area contributed by atoms with Gasteiger partial charge in [0.05, 0.1) is 11.3 Å². The van der Waals surface area contributed by atoms with Crippen LogP contribution in [0, 0.1) is 5.92 Å². The zero-order chi connectivity index (χ0) is 22.2. The van der Waals surface area contributed by atoms with E-state index in [1.54, 1.807) is 0 Å². The lowest BCUT2D eigenvalue weighted by molar-refractivity contribution is 0.0747. The SMILES string of the molecule is C=C1C=CCCC1C1CC(=O)c2cc(-c3ccc(Cl)cc3)c(-c3ccccc3Cl)nc2O1. The molecular formula is C27H21Cl2NO2. The number of pyridine rings is 1. The fourth-order valence-corrected chi connectivity index (χ4v) is 4.79. The summed E-state index contributed by atoms with van der Waals surface area (Å²) in [5, 5.41) is 1.22. The minimum atomic E-state index is -0.263. The third-order valence-electron chi connectivity index (χ3n) is 6.12. The Morgan fingerprint density at radius 3 is 2.53 bits per heavy atom. The monoisotopic (exact) mass is 461 g/mol. The van der Waals surface area contributed by atoms with E-state index < -0.39 is 0 Å². The molecule has 2 aromatic carbocycles. The van der Waals surface area contributed by atoms with Crippen LogP contribution in [0.3, 0.4) is 0 Å². The zero-order valence-electron chi connectivity index (χ0n) is 17.4. The lowest BCUT2D eigenvalue weighted by Crippen LogP contribution is -2.35. The van der Waals surface area contributed by atoms with Crippen molar-refractivity contribution in [3.63, 3.8) is 0 Å². The van der Waals surface area contributed by atoms with Crippen LogP contribution in [0.15, 0.2) is 78.9 Å². The maximum absolute atomic E-state index is 13.2. The highest BCUT2D eigenvalue weighted by molar-refractivity contribution is 6.33. The Morgan fingerprint density at radius 2 is 1.78 bits per heavy atom. The molecule has 0 spiro atoms. The molecule has 0 saturated carbocycles. The molecule has 0 bridgehead atoms. The number of rotatable bonds is 3. The average molecular weight is 462 g/mol. The lowest BCUT2D eigenvalue weighted by atomic mass is 9.82. The van der Waals surface area contributed by atoms with Crippen LogP contribution in [-0.4, -0.2) is 16.9 Å². The quantitative estimate of drug-likeness (QED) is 0.403. The molecule has 2 heterocycles. The van der Waals surface area contributed by atoms with Gasteiger partial charge in [-0.3, -0.25) is 4.79 Å². The first kappa shape index (κ1) is 21.0. The Morgan fingerprint density at radius 1 is 1.00 bits per heavy atom. The number of carbonyl (C=O) groups excluding carboxylic acids is 1. The topological polar surface area (TPSA) is 39.2 Å². The highest BCUT2D eigenvalue weighted by atomic mass is 35.5. The number of aromatic nitrogens is 1. The predicted octanol–water partition coefficient (Wildman–Crippen LogP) is 7.58. The summed E-state index contributed by atoms with van der Waals surface area (Å²) in [6, 6.07) is 16.9. The van der Waals surface area contributed by atoms with Gasteiger partial charge in [0, 0.05) is 33.5 Å². The van der Waals surface area contributed by atoms with Crippen molar-refractivity contribution in [1.29, 1.82) is 0 Å². The minimum absolute atomic E-state index is 0.0343. The number of benzene rings is 2. The molecule has 1 aliphatic heterocycles. The molecule has 0 radical (unpaired) electrons. The number of halogens is 2. The summed E-state index contributed by atoms with van der Waals surface area (Å²) in [6.45, 7) is 4.16. The average Bonchev–Trinajstić information content (AvgIpc) is 2.79. The third kappa shape index (κ3) is 3.87. The number of hydrogen-bond acceptors (Lipinski definition) is 3. The molecule has 3 aromatic rings. The van der Waals surface area contributed by atoms with E-state index in [4.69, 9.17) is 32.9 Å². The van der Waals surface area contributed by atoms with Crippen LogP contribution in [0.1, 0.15) is 29.6 Å². The first-order chi connectivity index (χ1) is 15.5. The molecule has 0 saturated heterocycles. The number of ketones is 1. The van der Waals surface area contributed by atoms with Gasteiger partial charge in [0.15, 0.2) is 5.78 Å². The Bertz CT molecular complexity index is 1250. The van der Waals surface area contributed by atoms with Crippen LogP contribution in [0.5, 0.6) is 5.88 Å². The molecule has 0 amide bonds. The zero-order valence-corrected chi connectivity index (χ0v) is 18.9. The fraction of sp³-hybridized carbons (Fsp3) is 0.185. The van der Waals surface area contributed by atoms with Gasteiger partial charge < -0.3 is 4.74 Å². The van der Waals surface area contributed by atoms with E-state index in [9.17, 15) is 4.79 Å². The number of Topliss-reactive ketones (excluding diaryl/α,β-unsaturated/α-hetero) is 1. The van der Waals surface area contributed by atoms with E-state index in [2.05, 4.69) is 12.7 Å². The Labute approximate surface area is 197 Å². The van der Waals surface area contributed by atoms with Crippen molar-refractivity contribution in [2.75, 3.05) is 0 Å². The van der Waals surface area contributed by atoms with Crippen molar-refractivity contribution in [3.05, 3.63) is 94.5 Å². The summed E-state index contributed by atoms with van der Waals surface area (Å²) in [7, 11) is 0. The third-order valence-corrected chi connectivity index (χ3v) is 6.70. The molecule has 1 aliphatic carbocycles. The molecular weight excluding hydrogens is 441 g/mol. The fourth-order valence-electron chi connectivity index (χ4n) is 4.44. The first-order valence-corrected chi connectivity index (χ1v) is 11.4. The molecule has 3 nitrogen and oxygen atoms in total. The first-order valence-electron chi connectivity index (χ1n) is 10.6. The molecule has 0 fully saturated rings. The Kier molecular flexibility index (Phi) is 5.62. The number of fused-ring (bicyclic) bond motifs is 1. The van der Waals surface area contributed by atoms with Crippen LogP contribution in [-0.2, 0) is 0 Å². The standard InChI is InChI=1S/C27H21Cl2NO2/c1-16-6-2-3-7-19(16)25-15-24(31)22-14-21(17-10-12-18(28)13-11-17)26(30-27(22)32-25)20-8-4-5-9-23(20)29/h2,4-6,8-14,19,25H,1,3,7,15H2. The maximum atomic E-state index is 13.2. The van der Waals surface area contributed by atoms with Crippen LogP contribution < -0.4 is 4.74 Å². The van der Waals surface area contributed by atoms with Crippen LogP contribution in [0.2, 0.25) is 10.0 Å². The van der Waals surface area contributed by atoms with Crippen molar-refractivity contribution < 1.29 is 9.53 Å². The van der Waals surface area contributed by atoms with E-state index in [0.29, 0.717) is 33.6 Å². The summed E-state index contributed by atoms with van der Waals surface area (Å²) < 4.78 is 6.33. The molecule has 0 N–H and O–H groups in total. The number of hydrogen-bond donors (Lipinski definition) is 0. The van der Waals surface area contributed by atoms with E-state index >= 15 is 0 Å². The normalized spacial score (nSPS) is 20.1. The highest BCUT2D eigenvalue weighted by Gasteiger charge is 2.35. The van der Waals surface area contributed by atoms with Gasteiger partial charge in [0.25, 0.3) is 0 Å². The molecule has 32 heavy (non-hydrogen) atoms. The second-order valence-electron chi connectivity index (χ2n) is 8.17. The second-order valence-corrected chi connectivity index (χ2v) is 9.01. The second kappa shape index (κ2) is 8.57.